The zero-order valence-electron chi connectivity index (χ0n) is 13.2. The van der Waals surface area contributed by atoms with Crippen LogP contribution in [0.1, 0.15) is 5.56 Å². The molecule has 0 saturated heterocycles. The van der Waals surface area contributed by atoms with Gasteiger partial charge >= 0.3 is 0 Å². The van der Waals surface area contributed by atoms with Gasteiger partial charge in [-0.05, 0) is 42.0 Å². The third-order valence-corrected chi connectivity index (χ3v) is 4.01. The molecule has 0 unspecified atom stereocenters. The number of fused-ring (bicyclic) bond motifs is 1. The number of aromatic hydroxyl groups is 1. The number of ether oxygens (including phenoxy) is 1. The number of hydrogen-bond acceptors (Lipinski definition) is 3. The molecule has 0 aromatic heterocycles. The fourth-order valence-electron chi connectivity index (χ4n) is 2.49. The van der Waals surface area contributed by atoms with Crippen LogP contribution >= 0.6 is 12.2 Å². The van der Waals surface area contributed by atoms with Gasteiger partial charge < -0.3 is 20.5 Å². The van der Waals surface area contributed by atoms with Crippen molar-refractivity contribution in [1.29, 1.82) is 0 Å². The van der Waals surface area contributed by atoms with E-state index in [1.165, 1.54) is 0 Å². The Morgan fingerprint density at radius 1 is 1.00 bits per heavy atom. The number of phenolic OH excluding ortho intramolecular Hbond substituents is 1. The van der Waals surface area contributed by atoms with Crippen LogP contribution in [-0.2, 0) is 6.54 Å². The van der Waals surface area contributed by atoms with Gasteiger partial charge in [0.05, 0.1) is 7.11 Å². The molecule has 0 aliphatic carbocycles. The third kappa shape index (κ3) is 3.58. The Kier molecular flexibility index (Phi) is 4.82. The van der Waals surface area contributed by atoms with Crippen LogP contribution in [0.2, 0.25) is 0 Å². The molecule has 0 atom stereocenters. The van der Waals surface area contributed by atoms with Gasteiger partial charge in [-0.15, -0.1) is 0 Å². The number of hydrogen-bond donors (Lipinski definition) is 3. The quantitative estimate of drug-likeness (QED) is 0.627. The molecule has 24 heavy (non-hydrogen) atoms. The summed E-state index contributed by atoms with van der Waals surface area (Å²) >= 11 is 5.37. The molecule has 0 saturated carbocycles. The standard InChI is InChI=1S/C19H18N2O2S/c1-23-14-10-8-13(9-11-14)12-20-19(24)21-17-6-2-5-16-15(17)4-3-7-18(16)22/h2-11,22H,12H2,1H3,(H2,20,21,24). The molecule has 0 bridgehead atoms. The average molecular weight is 338 g/mol. The second-order valence-electron chi connectivity index (χ2n) is 5.33. The van der Waals surface area contributed by atoms with Gasteiger partial charge in [0.2, 0.25) is 0 Å². The highest BCUT2D eigenvalue weighted by atomic mass is 32.1. The molecule has 0 amide bonds. The minimum Gasteiger partial charge on any atom is -0.507 e. The number of methoxy groups -OCH3 is 1. The van der Waals surface area contributed by atoms with Gasteiger partial charge in [0.15, 0.2) is 5.11 Å². The van der Waals surface area contributed by atoms with Crippen molar-refractivity contribution in [2.24, 2.45) is 0 Å². The molecule has 0 radical (unpaired) electrons. The Bertz CT molecular complexity index is 863. The molecule has 4 nitrogen and oxygen atoms in total. The second kappa shape index (κ2) is 7.19. The zero-order chi connectivity index (χ0) is 16.9. The fraction of sp³-hybridized carbons (Fsp3) is 0.105. The lowest BCUT2D eigenvalue weighted by Gasteiger charge is -2.13. The molecule has 0 spiro atoms. The molecule has 3 aromatic rings. The summed E-state index contributed by atoms with van der Waals surface area (Å²) in [5.74, 6) is 1.09. The summed E-state index contributed by atoms with van der Waals surface area (Å²) in [7, 11) is 1.65. The number of anilines is 1. The lowest BCUT2D eigenvalue weighted by molar-refractivity contribution is 0.414. The summed E-state index contributed by atoms with van der Waals surface area (Å²) in [5, 5.41) is 18.6. The maximum Gasteiger partial charge on any atom is 0.171 e. The smallest absolute Gasteiger partial charge is 0.171 e. The molecule has 0 fully saturated rings. The normalized spacial score (nSPS) is 10.4. The Balaban J connectivity index is 1.67. The molecule has 5 heteroatoms. The lowest BCUT2D eigenvalue weighted by atomic mass is 10.1. The molecule has 0 aliphatic rings. The van der Waals surface area contributed by atoms with Crippen molar-refractivity contribution in [3.8, 4) is 11.5 Å². The number of phenols is 1. The van der Waals surface area contributed by atoms with Gasteiger partial charge in [-0.1, -0.05) is 36.4 Å². The van der Waals surface area contributed by atoms with Crippen LogP contribution in [0.5, 0.6) is 11.5 Å². The first-order chi connectivity index (χ1) is 11.7. The topological polar surface area (TPSA) is 53.5 Å². The highest BCUT2D eigenvalue weighted by Gasteiger charge is 2.05. The van der Waals surface area contributed by atoms with E-state index in [0.29, 0.717) is 11.7 Å². The molecule has 0 heterocycles. The van der Waals surface area contributed by atoms with Crippen LogP contribution in [0.4, 0.5) is 5.69 Å². The Hall–Kier alpha value is -2.79. The third-order valence-electron chi connectivity index (χ3n) is 3.76. The first-order valence-corrected chi connectivity index (χ1v) is 7.96. The molecular formula is C19H18N2O2S. The SMILES string of the molecule is COc1ccc(CNC(=S)Nc2cccc3c(O)cccc23)cc1. The van der Waals surface area contributed by atoms with Gasteiger partial charge in [-0.3, -0.25) is 0 Å². The van der Waals surface area contributed by atoms with E-state index in [0.717, 1.165) is 27.8 Å². The van der Waals surface area contributed by atoms with E-state index in [1.54, 1.807) is 13.2 Å². The number of benzene rings is 3. The molecule has 3 aromatic carbocycles. The van der Waals surface area contributed by atoms with E-state index in [-0.39, 0.29) is 5.75 Å². The molecular weight excluding hydrogens is 320 g/mol. The van der Waals surface area contributed by atoms with E-state index in [4.69, 9.17) is 17.0 Å². The average Bonchev–Trinajstić information content (AvgIpc) is 2.61. The van der Waals surface area contributed by atoms with Crippen LogP contribution in [0.15, 0.2) is 60.7 Å². The van der Waals surface area contributed by atoms with Crippen molar-refractivity contribution >= 4 is 33.8 Å². The minimum atomic E-state index is 0.258. The summed E-state index contributed by atoms with van der Waals surface area (Å²) < 4.78 is 5.15. The van der Waals surface area contributed by atoms with Gasteiger partial charge in [0.1, 0.15) is 11.5 Å². The lowest BCUT2D eigenvalue weighted by Crippen LogP contribution is -2.27. The van der Waals surface area contributed by atoms with E-state index in [2.05, 4.69) is 10.6 Å². The van der Waals surface area contributed by atoms with Crippen LogP contribution in [-0.4, -0.2) is 17.3 Å². The van der Waals surface area contributed by atoms with Crippen molar-refractivity contribution in [2.75, 3.05) is 12.4 Å². The van der Waals surface area contributed by atoms with Crippen LogP contribution in [0.25, 0.3) is 10.8 Å². The number of rotatable bonds is 4. The van der Waals surface area contributed by atoms with Crippen molar-refractivity contribution in [2.45, 2.75) is 6.54 Å². The van der Waals surface area contributed by atoms with Gasteiger partial charge in [-0.2, -0.15) is 0 Å². The van der Waals surface area contributed by atoms with E-state index >= 15 is 0 Å². The molecule has 0 aliphatic heterocycles. The first-order valence-electron chi connectivity index (χ1n) is 7.56. The Labute approximate surface area is 146 Å². The van der Waals surface area contributed by atoms with Crippen molar-refractivity contribution in [3.63, 3.8) is 0 Å². The zero-order valence-corrected chi connectivity index (χ0v) is 14.1. The van der Waals surface area contributed by atoms with Crippen molar-refractivity contribution < 1.29 is 9.84 Å². The van der Waals surface area contributed by atoms with Crippen molar-refractivity contribution in [3.05, 3.63) is 66.2 Å². The van der Waals surface area contributed by atoms with E-state index < -0.39 is 0 Å². The highest BCUT2D eigenvalue weighted by Crippen LogP contribution is 2.29. The van der Waals surface area contributed by atoms with E-state index in [1.807, 2.05) is 54.6 Å². The second-order valence-corrected chi connectivity index (χ2v) is 5.74. The fourth-order valence-corrected chi connectivity index (χ4v) is 2.68. The minimum absolute atomic E-state index is 0.258. The van der Waals surface area contributed by atoms with Gasteiger partial charge in [0.25, 0.3) is 0 Å². The summed E-state index contributed by atoms with van der Waals surface area (Å²) in [6, 6.07) is 19.0. The van der Waals surface area contributed by atoms with Crippen LogP contribution in [0, 0.1) is 0 Å². The molecule has 3 N–H and O–H groups in total. The first kappa shape index (κ1) is 16.1. The number of thiocarbonyl (C=S) groups is 1. The van der Waals surface area contributed by atoms with Crippen LogP contribution in [0.3, 0.4) is 0 Å². The van der Waals surface area contributed by atoms with Crippen LogP contribution < -0.4 is 15.4 Å². The van der Waals surface area contributed by atoms with Crippen molar-refractivity contribution in [1.82, 2.24) is 5.32 Å². The predicted octanol–water partition coefficient (Wildman–Crippen LogP) is 4.04. The summed E-state index contributed by atoms with van der Waals surface area (Å²) in [6.45, 7) is 0.617. The number of nitrogens with one attached hydrogen (secondary N) is 2. The summed E-state index contributed by atoms with van der Waals surface area (Å²) in [6.07, 6.45) is 0. The Morgan fingerprint density at radius 2 is 1.71 bits per heavy atom. The predicted molar refractivity (Wildman–Crippen MR) is 102 cm³/mol. The Morgan fingerprint density at radius 3 is 2.46 bits per heavy atom. The van der Waals surface area contributed by atoms with E-state index in [9.17, 15) is 5.11 Å². The maximum atomic E-state index is 9.94. The summed E-state index contributed by atoms with van der Waals surface area (Å²) in [4.78, 5) is 0. The molecule has 3 rings (SSSR count). The summed E-state index contributed by atoms with van der Waals surface area (Å²) in [5.41, 5.74) is 1.96. The van der Waals surface area contributed by atoms with Gasteiger partial charge in [0, 0.05) is 23.0 Å². The largest absolute Gasteiger partial charge is 0.507 e. The molecule has 122 valence electrons. The highest BCUT2D eigenvalue weighted by molar-refractivity contribution is 7.80. The monoisotopic (exact) mass is 338 g/mol. The van der Waals surface area contributed by atoms with Gasteiger partial charge in [-0.25, -0.2) is 0 Å². The maximum absolute atomic E-state index is 9.94.